The van der Waals surface area contributed by atoms with Crippen LogP contribution >= 0.6 is 0 Å². The lowest BCUT2D eigenvalue weighted by atomic mass is 10.1. The summed E-state index contributed by atoms with van der Waals surface area (Å²) < 4.78 is 10.3. The van der Waals surface area contributed by atoms with Gasteiger partial charge in [0.25, 0.3) is 5.69 Å². The van der Waals surface area contributed by atoms with Gasteiger partial charge >= 0.3 is 11.9 Å². The first-order valence-corrected chi connectivity index (χ1v) is 8.19. The second kappa shape index (κ2) is 9.31. The number of ether oxygens (including phenoxy) is 2. The standard InChI is InChI=1S/C19H19NO6/c1-2-3-12-25-18(21)15-6-8-16(9-7-15)19(22)26-13-14-4-10-17(11-5-14)20(23)24/h4-11H,2-3,12-13H2,1H3. The Balaban J connectivity index is 1.89. The van der Waals surface area contributed by atoms with Gasteiger partial charge in [0.1, 0.15) is 6.61 Å². The maximum absolute atomic E-state index is 12.0. The number of nitrogens with zero attached hydrogens (tertiary/aromatic N) is 1. The zero-order valence-corrected chi connectivity index (χ0v) is 14.3. The second-order valence-corrected chi connectivity index (χ2v) is 5.57. The third-order valence-electron chi connectivity index (χ3n) is 3.60. The van der Waals surface area contributed by atoms with Crippen molar-refractivity contribution in [2.45, 2.75) is 26.4 Å². The zero-order valence-electron chi connectivity index (χ0n) is 14.3. The van der Waals surface area contributed by atoms with Gasteiger partial charge < -0.3 is 9.47 Å². The highest BCUT2D eigenvalue weighted by molar-refractivity contribution is 5.93. The van der Waals surface area contributed by atoms with E-state index in [1.807, 2.05) is 6.92 Å². The van der Waals surface area contributed by atoms with E-state index in [1.54, 1.807) is 0 Å². The Labute approximate surface area is 150 Å². The van der Waals surface area contributed by atoms with Crippen molar-refractivity contribution in [3.8, 4) is 0 Å². The van der Waals surface area contributed by atoms with Gasteiger partial charge in [0, 0.05) is 12.1 Å². The maximum Gasteiger partial charge on any atom is 0.338 e. The number of carbonyl (C=O) groups excluding carboxylic acids is 2. The lowest BCUT2D eigenvalue weighted by Crippen LogP contribution is -2.08. The average Bonchev–Trinajstić information content (AvgIpc) is 2.66. The molecule has 0 saturated carbocycles. The van der Waals surface area contributed by atoms with E-state index in [2.05, 4.69) is 0 Å². The summed E-state index contributed by atoms with van der Waals surface area (Å²) in [5, 5.41) is 10.6. The third-order valence-corrected chi connectivity index (χ3v) is 3.60. The Morgan fingerprint density at radius 1 is 0.923 bits per heavy atom. The first-order chi connectivity index (χ1) is 12.5. The van der Waals surface area contributed by atoms with Crippen molar-refractivity contribution in [2.75, 3.05) is 6.61 Å². The van der Waals surface area contributed by atoms with Gasteiger partial charge in [-0.1, -0.05) is 13.3 Å². The number of rotatable bonds is 8. The van der Waals surface area contributed by atoms with E-state index in [0.29, 0.717) is 23.3 Å². The predicted octanol–water partition coefficient (Wildman–Crippen LogP) is 3.91. The van der Waals surface area contributed by atoms with Crippen molar-refractivity contribution in [2.24, 2.45) is 0 Å². The molecule has 0 heterocycles. The van der Waals surface area contributed by atoms with Gasteiger partial charge in [0.15, 0.2) is 0 Å². The van der Waals surface area contributed by atoms with E-state index in [4.69, 9.17) is 9.47 Å². The van der Waals surface area contributed by atoms with Crippen molar-refractivity contribution in [1.29, 1.82) is 0 Å². The van der Waals surface area contributed by atoms with Gasteiger partial charge in [-0.3, -0.25) is 10.1 Å². The molecule has 0 amide bonds. The summed E-state index contributed by atoms with van der Waals surface area (Å²) in [4.78, 5) is 33.9. The fourth-order valence-corrected chi connectivity index (χ4v) is 2.08. The topological polar surface area (TPSA) is 95.7 Å². The molecule has 0 aliphatic rings. The first-order valence-electron chi connectivity index (χ1n) is 8.19. The molecule has 0 bridgehead atoms. The summed E-state index contributed by atoms with van der Waals surface area (Å²) in [6.07, 6.45) is 1.74. The average molecular weight is 357 g/mol. The minimum Gasteiger partial charge on any atom is -0.462 e. The molecule has 0 aliphatic heterocycles. The SMILES string of the molecule is CCCCOC(=O)c1ccc(C(=O)OCc2ccc([N+](=O)[O-])cc2)cc1. The number of hydrogen-bond acceptors (Lipinski definition) is 6. The molecule has 0 radical (unpaired) electrons. The summed E-state index contributed by atoms with van der Waals surface area (Å²) in [6.45, 7) is 2.37. The van der Waals surface area contributed by atoms with Gasteiger partial charge in [-0.15, -0.1) is 0 Å². The lowest BCUT2D eigenvalue weighted by molar-refractivity contribution is -0.384. The van der Waals surface area contributed by atoms with Crippen molar-refractivity contribution in [3.05, 3.63) is 75.3 Å². The molecule has 136 valence electrons. The molecular weight excluding hydrogens is 338 g/mol. The molecular formula is C19H19NO6. The Bertz CT molecular complexity index is 768. The van der Waals surface area contributed by atoms with Gasteiger partial charge in [0.05, 0.1) is 22.7 Å². The zero-order chi connectivity index (χ0) is 18.9. The van der Waals surface area contributed by atoms with Crippen LogP contribution in [0.1, 0.15) is 46.0 Å². The van der Waals surface area contributed by atoms with E-state index in [9.17, 15) is 19.7 Å². The van der Waals surface area contributed by atoms with E-state index >= 15 is 0 Å². The summed E-state index contributed by atoms with van der Waals surface area (Å²) in [7, 11) is 0. The molecule has 7 nitrogen and oxygen atoms in total. The summed E-state index contributed by atoms with van der Waals surface area (Å²) in [5.74, 6) is -0.974. The Kier molecular flexibility index (Phi) is 6.84. The number of hydrogen-bond donors (Lipinski definition) is 0. The summed E-state index contributed by atoms with van der Waals surface area (Å²) in [6, 6.07) is 11.8. The third kappa shape index (κ3) is 5.41. The van der Waals surface area contributed by atoms with E-state index in [1.165, 1.54) is 48.5 Å². The van der Waals surface area contributed by atoms with Crippen LogP contribution in [-0.4, -0.2) is 23.5 Å². The molecule has 2 rings (SSSR count). The fraction of sp³-hybridized carbons (Fsp3) is 0.263. The predicted molar refractivity (Wildman–Crippen MR) is 93.8 cm³/mol. The number of unbranched alkanes of at least 4 members (excludes halogenated alkanes) is 1. The largest absolute Gasteiger partial charge is 0.462 e. The van der Waals surface area contributed by atoms with Crippen molar-refractivity contribution in [1.82, 2.24) is 0 Å². The number of nitro benzene ring substituents is 1. The molecule has 0 atom stereocenters. The highest BCUT2D eigenvalue weighted by Crippen LogP contribution is 2.14. The van der Waals surface area contributed by atoms with Crippen LogP contribution in [0, 0.1) is 10.1 Å². The van der Waals surface area contributed by atoms with Gasteiger partial charge in [-0.05, 0) is 48.4 Å². The van der Waals surface area contributed by atoms with Crippen LogP contribution in [0.2, 0.25) is 0 Å². The number of non-ortho nitro benzene ring substituents is 1. The summed E-state index contributed by atoms with van der Waals surface area (Å²) in [5.41, 5.74) is 1.28. The number of benzene rings is 2. The molecule has 0 aliphatic carbocycles. The molecule has 2 aromatic carbocycles. The highest BCUT2D eigenvalue weighted by Gasteiger charge is 2.11. The fourth-order valence-electron chi connectivity index (χ4n) is 2.08. The molecule has 26 heavy (non-hydrogen) atoms. The first kappa shape index (κ1) is 19.1. The maximum atomic E-state index is 12.0. The molecule has 0 N–H and O–H groups in total. The minimum absolute atomic E-state index is 0.00234. The van der Waals surface area contributed by atoms with E-state index in [-0.39, 0.29) is 12.3 Å². The highest BCUT2D eigenvalue weighted by atomic mass is 16.6. The molecule has 0 spiro atoms. The van der Waals surface area contributed by atoms with Crippen LogP contribution in [0.3, 0.4) is 0 Å². The van der Waals surface area contributed by atoms with Gasteiger partial charge in [-0.2, -0.15) is 0 Å². The monoisotopic (exact) mass is 357 g/mol. The summed E-state index contributed by atoms with van der Waals surface area (Å²) >= 11 is 0. The van der Waals surface area contributed by atoms with E-state index < -0.39 is 16.9 Å². The van der Waals surface area contributed by atoms with Crippen LogP contribution in [0.5, 0.6) is 0 Å². The van der Waals surface area contributed by atoms with Gasteiger partial charge in [-0.25, -0.2) is 9.59 Å². The quantitative estimate of drug-likeness (QED) is 0.308. The minimum atomic E-state index is -0.547. The van der Waals surface area contributed by atoms with Gasteiger partial charge in [0.2, 0.25) is 0 Å². The molecule has 7 heteroatoms. The molecule has 0 fully saturated rings. The smallest absolute Gasteiger partial charge is 0.338 e. The number of nitro groups is 1. The molecule has 0 unspecified atom stereocenters. The van der Waals surface area contributed by atoms with Crippen LogP contribution in [0.4, 0.5) is 5.69 Å². The van der Waals surface area contributed by atoms with Crippen molar-refractivity contribution < 1.29 is 24.0 Å². The second-order valence-electron chi connectivity index (χ2n) is 5.57. The molecule has 0 saturated heterocycles. The van der Waals surface area contributed by atoms with Crippen LogP contribution in [0.15, 0.2) is 48.5 Å². The molecule has 0 aromatic heterocycles. The van der Waals surface area contributed by atoms with Crippen LogP contribution in [0.25, 0.3) is 0 Å². The number of carbonyl (C=O) groups is 2. The Morgan fingerprint density at radius 2 is 1.46 bits per heavy atom. The van der Waals surface area contributed by atoms with Crippen LogP contribution in [-0.2, 0) is 16.1 Å². The lowest BCUT2D eigenvalue weighted by Gasteiger charge is -2.06. The molecule has 2 aromatic rings. The normalized spacial score (nSPS) is 10.2. The number of esters is 2. The van der Waals surface area contributed by atoms with E-state index in [0.717, 1.165) is 12.8 Å². The Morgan fingerprint density at radius 3 is 1.96 bits per heavy atom. The van der Waals surface area contributed by atoms with Crippen molar-refractivity contribution >= 4 is 17.6 Å². The Hall–Kier alpha value is -3.22. The van der Waals surface area contributed by atoms with Crippen LogP contribution < -0.4 is 0 Å². The van der Waals surface area contributed by atoms with Crippen molar-refractivity contribution in [3.63, 3.8) is 0 Å².